The summed E-state index contributed by atoms with van der Waals surface area (Å²) in [5.74, 6) is 0.967. The molecule has 0 amide bonds. The molecule has 4 heteroatoms. The van der Waals surface area contributed by atoms with Gasteiger partial charge in [0.1, 0.15) is 5.82 Å². The Labute approximate surface area is 120 Å². The predicted molar refractivity (Wildman–Crippen MR) is 78.1 cm³/mol. The van der Waals surface area contributed by atoms with Crippen molar-refractivity contribution in [3.05, 3.63) is 57.2 Å². The highest BCUT2D eigenvalue weighted by molar-refractivity contribution is 9.10. The molecule has 92 valence electrons. The van der Waals surface area contributed by atoms with Crippen LogP contribution in [0.3, 0.4) is 0 Å². The molecule has 0 bridgehead atoms. The molecule has 2 aromatic rings. The third-order valence-corrected chi connectivity index (χ3v) is 4.01. The number of hydrogen-bond donors (Lipinski definition) is 0. The Balaban J connectivity index is 1.92. The van der Waals surface area contributed by atoms with Crippen LogP contribution >= 0.6 is 27.5 Å². The molecular formula is C14H12BrClN2. The first kappa shape index (κ1) is 12.0. The van der Waals surface area contributed by atoms with E-state index in [2.05, 4.69) is 50.1 Å². The molecule has 3 rings (SSSR count). The zero-order valence-electron chi connectivity index (χ0n) is 9.74. The Morgan fingerprint density at radius 3 is 2.78 bits per heavy atom. The molecule has 2 heterocycles. The van der Waals surface area contributed by atoms with Crippen LogP contribution in [0.25, 0.3) is 0 Å². The van der Waals surface area contributed by atoms with E-state index in [0.717, 1.165) is 29.8 Å². The third kappa shape index (κ3) is 2.25. The van der Waals surface area contributed by atoms with E-state index in [4.69, 9.17) is 11.6 Å². The average molecular weight is 324 g/mol. The van der Waals surface area contributed by atoms with Gasteiger partial charge in [0, 0.05) is 19.3 Å². The lowest BCUT2D eigenvalue weighted by molar-refractivity contribution is 0.719. The van der Waals surface area contributed by atoms with E-state index in [-0.39, 0.29) is 0 Å². The Hall–Kier alpha value is -1.06. The number of pyridine rings is 1. The highest BCUT2D eigenvalue weighted by Crippen LogP contribution is 2.30. The molecule has 0 fully saturated rings. The molecule has 0 unspecified atom stereocenters. The topological polar surface area (TPSA) is 16.1 Å². The quantitative estimate of drug-likeness (QED) is 0.787. The van der Waals surface area contributed by atoms with Gasteiger partial charge in [-0.25, -0.2) is 4.98 Å². The lowest BCUT2D eigenvalue weighted by atomic mass is 10.00. The fraction of sp³-hybridized carbons (Fsp3) is 0.214. The van der Waals surface area contributed by atoms with Gasteiger partial charge in [0.2, 0.25) is 0 Å². The van der Waals surface area contributed by atoms with Gasteiger partial charge in [0.25, 0.3) is 0 Å². The van der Waals surface area contributed by atoms with Gasteiger partial charge in [-0.15, -0.1) is 0 Å². The van der Waals surface area contributed by atoms with Crippen LogP contribution in [-0.4, -0.2) is 11.5 Å². The second-order valence-electron chi connectivity index (χ2n) is 4.40. The van der Waals surface area contributed by atoms with E-state index < -0.39 is 0 Å². The summed E-state index contributed by atoms with van der Waals surface area (Å²) in [7, 11) is 0. The summed E-state index contributed by atoms with van der Waals surface area (Å²) in [4.78, 5) is 6.70. The first-order valence-electron chi connectivity index (χ1n) is 5.87. The Kier molecular flexibility index (Phi) is 3.27. The lowest BCUT2D eigenvalue weighted by Crippen LogP contribution is -2.31. The molecule has 0 spiro atoms. The molecule has 1 aliphatic rings. The molecule has 0 saturated carbocycles. The number of benzene rings is 1. The van der Waals surface area contributed by atoms with E-state index in [1.807, 2.05) is 6.07 Å². The van der Waals surface area contributed by atoms with Gasteiger partial charge in [-0.3, -0.25) is 0 Å². The second-order valence-corrected chi connectivity index (χ2v) is 5.69. The van der Waals surface area contributed by atoms with Gasteiger partial charge >= 0.3 is 0 Å². The summed E-state index contributed by atoms with van der Waals surface area (Å²) in [5.41, 5.74) is 2.83. The average Bonchev–Trinajstić information content (AvgIpc) is 2.38. The van der Waals surface area contributed by atoms with Crippen molar-refractivity contribution in [2.75, 3.05) is 11.4 Å². The normalized spacial score (nSPS) is 14.4. The van der Waals surface area contributed by atoms with Gasteiger partial charge in [-0.2, -0.15) is 0 Å². The summed E-state index contributed by atoms with van der Waals surface area (Å²) in [6, 6.07) is 10.5. The van der Waals surface area contributed by atoms with Crippen molar-refractivity contribution in [2.45, 2.75) is 13.0 Å². The fourth-order valence-electron chi connectivity index (χ4n) is 2.32. The van der Waals surface area contributed by atoms with Crippen LogP contribution in [0.2, 0.25) is 5.02 Å². The minimum Gasteiger partial charge on any atom is -0.351 e. The van der Waals surface area contributed by atoms with Crippen molar-refractivity contribution in [3.63, 3.8) is 0 Å². The summed E-state index contributed by atoms with van der Waals surface area (Å²) >= 11 is 9.46. The maximum absolute atomic E-state index is 5.93. The number of hydrogen-bond acceptors (Lipinski definition) is 2. The molecular weight excluding hydrogens is 312 g/mol. The van der Waals surface area contributed by atoms with E-state index in [9.17, 15) is 0 Å². The van der Waals surface area contributed by atoms with E-state index in [1.54, 1.807) is 6.20 Å². The van der Waals surface area contributed by atoms with Crippen LogP contribution in [0.4, 0.5) is 5.82 Å². The van der Waals surface area contributed by atoms with Crippen LogP contribution in [0.15, 0.2) is 41.0 Å². The first-order valence-corrected chi connectivity index (χ1v) is 7.04. The van der Waals surface area contributed by atoms with Gasteiger partial charge in [-0.1, -0.05) is 35.9 Å². The SMILES string of the molecule is Clc1cnc(N2CCc3ccccc3C2)c(Br)c1. The fourth-order valence-corrected chi connectivity index (χ4v) is 3.21. The Bertz CT molecular complexity index is 586. The van der Waals surface area contributed by atoms with Crippen LogP contribution in [0.5, 0.6) is 0 Å². The molecule has 0 radical (unpaired) electrons. The molecule has 0 atom stereocenters. The summed E-state index contributed by atoms with van der Waals surface area (Å²) in [6.45, 7) is 1.90. The maximum Gasteiger partial charge on any atom is 0.143 e. The number of halogens is 2. The number of fused-ring (bicyclic) bond motifs is 1. The monoisotopic (exact) mass is 322 g/mol. The predicted octanol–water partition coefficient (Wildman–Crippen LogP) is 4.06. The zero-order valence-corrected chi connectivity index (χ0v) is 12.1. The number of nitrogens with zero attached hydrogens (tertiary/aromatic N) is 2. The highest BCUT2D eigenvalue weighted by Gasteiger charge is 2.18. The summed E-state index contributed by atoms with van der Waals surface area (Å²) in [6.07, 6.45) is 2.76. The van der Waals surface area contributed by atoms with Gasteiger partial charge in [-0.05, 0) is 39.5 Å². The standard InChI is InChI=1S/C14H12BrClN2/c15-13-7-12(16)8-17-14(13)18-6-5-10-3-1-2-4-11(10)9-18/h1-4,7-8H,5-6,9H2. The van der Waals surface area contributed by atoms with Crippen molar-refractivity contribution >= 4 is 33.3 Å². The number of aromatic nitrogens is 1. The van der Waals surface area contributed by atoms with E-state index in [0.29, 0.717) is 5.02 Å². The molecule has 2 nitrogen and oxygen atoms in total. The minimum atomic E-state index is 0.656. The van der Waals surface area contributed by atoms with Crippen molar-refractivity contribution in [1.29, 1.82) is 0 Å². The minimum absolute atomic E-state index is 0.656. The third-order valence-electron chi connectivity index (χ3n) is 3.22. The largest absolute Gasteiger partial charge is 0.351 e. The summed E-state index contributed by atoms with van der Waals surface area (Å²) < 4.78 is 0.953. The Morgan fingerprint density at radius 2 is 2.00 bits per heavy atom. The van der Waals surface area contributed by atoms with Gasteiger partial charge in [0.15, 0.2) is 0 Å². The summed E-state index contributed by atoms with van der Waals surface area (Å²) in [5, 5.41) is 0.656. The molecule has 18 heavy (non-hydrogen) atoms. The van der Waals surface area contributed by atoms with Crippen molar-refractivity contribution in [2.24, 2.45) is 0 Å². The molecule has 0 saturated heterocycles. The molecule has 1 aliphatic heterocycles. The molecule has 1 aromatic heterocycles. The van der Waals surface area contributed by atoms with Crippen molar-refractivity contribution < 1.29 is 0 Å². The van der Waals surface area contributed by atoms with Gasteiger partial charge in [0.05, 0.1) is 9.50 Å². The highest BCUT2D eigenvalue weighted by atomic mass is 79.9. The van der Waals surface area contributed by atoms with E-state index in [1.165, 1.54) is 11.1 Å². The van der Waals surface area contributed by atoms with Crippen molar-refractivity contribution in [3.8, 4) is 0 Å². The van der Waals surface area contributed by atoms with Crippen LogP contribution in [-0.2, 0) is 13.0 Å². The van der Waals surface area contributed by atoms with Crippen LogP contribution < -0.4 is 4.90 Å². The zero-order chi connectivity index (χ0) is 12.5. The maximum atomic E-state index is 5.93. The van der Waals surface area contributed by atoms with E-state index >= 15 is 0 Å². The number of anilines is 1. The van der Waals surface area contributed by atoms with Crippen LogP contribution in [0.1, 0.15) is 11.1 Å². The molecule has 1 aromatic carbocycles. The lowest BCUT2D eigenvalue weighted by Gasteiger charge is -2.30. The second kappa shape index (κ2) is 4.90. The Morgan fingerprint density at radius 1 is 1.22 bits per heavy atom. The molecule has 0 aliphatic carbocycles. The smallest absolute Gasteiger partial charge is 0.143 e. The molecule has 0 N–H and O–H groups in total. The van der Waals surface area contributed by atoms with Crippen molar-refractivity contribution in [1.82, 2.24) is 4.98 Å². The van der Waals surface area contributed by atoms with Crippen LogP contribution in [0, 0.1) is 0 Å². The first-order chi connectivity index (χ1) is 8.74. The van der Waals surface area contributed by atoms with Gasteiger partial charge < -0.3 is 4.90 Å². The number of rotatable bonds is 1.